The Balaban J connectivity index is 3.45. The number of aliphatic carboxylic acids is 1. The summed E-state index contributed by atoms with van der Waals surface area (Å²) in [5.41, 5.74) is 6.76. The number of carboxylic acid groups (broad SMARTS) is 1. The van der Waals surface area contributed by atoms with Crippen molar-refractivity contribution in [1.29, 1.82) is 0 Å². The van der Waals surface area contributed by atoms with E-state index in [1.165, 1.54) is 13.0 Å². The van der Waals surface area contributed by atoms with Crippen LogP contribution in [-0.4, -0.2) is 11.1 Å². The fraction of sp³-hybridized carbons (Fsp3) is 0.300. The molecule has 0 spiro atoms. The van der Waals surface area contributed by atoms with E-state index in [1.807, 2.05) is 0 Å². The van der Waals surface area contributed by atoms with E-state index >= 15 is 0 Å². The van der Waals surface area contributed by atoms with E-state index < -0.39 is 17.8 Å². The standard InChI is InChI=1S/C10H11BrFNO2/c1-4-6(11)3-7(12)5(2)8(4)9(13)10(14)15/h3,9H,13H2,1-2H3,(H,14,15). The molecule has 3 nitrogen and oxygen atoms in total. The molecule has 0 bridgehead atoms. The molecule has 1 aromatic carbocycles. The van der Waals surface area contributed by atoms with Gasteiger partial charge in [0.15, 0.2) is 0 Å². The molecule has 0 aliphatic rings. The van der Waals surface area contributed by atoms with Gasteiger partial charge in [-0.15, -0.1) is 0 Å². The molecular weight excluding hydrogens is 265 g/mol. The summed E-state index contributed by atoms with van der Waals surface area (Å²) in [5.74, 6) is -1.63. The molecule has 15 heavy (non-hydrogen) atoms. The number of hydrogen-bond acceptors (Lipinski definition) is 2. The van der Waals surface area contributed by atoms with E-state index in [9.17, 15) is 9.18 Å². The number of carbonyl (C=O) groups is 1. The van der Waals surface area contributed by atoms with Gasteiger partial charge in [0.2, 0.25) is 0 Å². The molecule has 3 N–H and O–H groups in total. The molecule has 0 aliphatic carbocycles. The number of halogens is 2. The average molecular weight is 276 g/mol. The Morgan fingerprint density at radius 2 is 2.07 bits per heavy atom. The van der Waals surface area contributed by atoms with Crippen molar-refractivity contribution in [1.82, 2.24) is 0 Å². The highest BCUT2D eigenvalue weighted by Gasteiger charge is 2.22. The lowest BCUT2D eigenvalue weighted by atomic mass is 9.96. The van der Waals surface area contributed by atoms with Crippen LogP contribution in [0.4, 0.5) is 4.39 Å². The number of hydrogen-bond donors (Lipinski definition) is 2. The third-order valence-electron chi connectivity index (χ3n) is 2.36. The van der Waals surface area contributed by atoms with Crippen molar-refractivity contribution in [2.45, 2.75) is 19.9 Å². The summed E-state index contributed by atoms with van der Waals surface area (Å²) in [4.78, 5) is 10.8. The lowest BCUT2D eigenvalue weighted by Gasteiger charge is -2.15. The van der Waals surface area contributed by atoms with Crippen molar-refractivity contribution in [2.24, 2.45) is 5.73 Å². The summed E-state index contributed by atoms with van der Waals surface area (Å²) in [6, 6.07) is 0.111. The Labute approximate surface area is 95.2 Å². The molecule has 1 aromatic rings. The highest BCUT2D eigenvalue weighted by atomic mass is 79.9. The van der Waals surface area contributed by atoms with Gasteiger partial charge in [0.05, 0.1) is 0 Å². The third-order valence-corrected chi connectivity index (χ3v) is 3.18. The van der Waals surface area contributed by atoms with Crippen molar-refractivity contribution in [3.8, 4) is 0 Å². The summed E-state index contributed by atoms with van der Waals surface area (Å²) in [6.07, 6.45) is 0. The molecule has 1 atom stereocenters. The van der Waals surface area contributed by atoms with Crippen LogP contribution in [0.25, 0.3) is 0 Å². The number of carboxylic acids is 1. The van der Waals surface area contributed by atoms with E-state index in [0.717, 1.165) is 0 Å². The molecule has 1 rings (SSSR count). The molecule has 0 aromatic heterocycles. The van der Waals surface area contributed by atoms with Crippen molar-refractivity contribution in [3.05, 3.63) is 33.0 Å². The van der Waals surface area contributed by atoms with Gasteiger partial charge in [-0.1, -0.05) is 15.9 Å². The number of nitrogens with two attached hydrogens (primary N) is 1. The predicted molar refractivity (Wildman–Crippen MR) is 58.1 cm³/mol. The second kappa shape index (κ2) is 4.28. The quantitative estimate of drug-likeness (QED) is 0.871. The Morgan fingerprint density at radius 3 is 2.53 bits per heavy atom. The number of rotatable bonds is 2. The van der Waals surface area contributed by atoms with Crippen LogP contribution >= 0.6 is 15.9 Å². The fourth-order valence-corrected chi connectivity index (χ4v) is 1.87. The first kappa shape index (κ1) is 12.1. The molecule has 0 saturated carbocycles. The fourth-order valence-electron chi connectivity index (χ4n) is 1.46. The van der Waals surface area contributed by atoms with Crippen LogP contribution < -0.4 is 5.73 Å². The lowest BCUT2D eigenvalue weighted by Crippen LogP contribution is -2.23. The van der Waals surface area contributed by atoms with Gasteiger partial charge < -0.3 is 10.8 Å². The van der Waals surface area contributed by atoms with Crippen LogP contribution in [0.3, 0.4) is 0 Å². The minimum absolute atomic E-state index is 0.283. The third kappa shape index (κ3) is 2.18. The highest BCUT2D eigenvalue weighted by Crippen LogP contribution is 2.29. The molecule has 0 heterocycles. The van der Waals surface area contributed by atoms with Crippen LogP contribution in [0.1, 0.15) is 22.7 Å². The Bertz CT molecular complexity index is 394. The normalized spacial score (nSPS) is 12.6. The lowest BCUT2D eigenvalue weighted by molar-refractivity contribution is -0.138. The topological polar surface area (TPSA) is 63.3 Å². The minimum atomic E-state index is -1.20. The summed E-state index contributed by atoms with van der Waals surface area (Å²) < 4.78 is 13.9. The van der Waals surface area contributed by atoms with Gasteiger partial charge in [-0.3, -0.25) is 4.79 Å². The molecule has 0 amide bonds. The minimum Gasteiger partial charge on any atom is -0.480 e. The summed E-state index contributed by atoms with van der Waals surface area (Å²) in [5, 5.41) is 8.80. The van der Waals surface area contributed by atoms with E-state index in [2.05, 4.69) is 15.9 Å². The average Bonchev–Trinajstić information content (AvgIpc) is 2.15. The first-order chi connectivity index (χ1) is 6.86. The second-order valence-electron chi connectivity index (χ2n) is 3.32. The summed E-state index contributed by atoms with van der Waals surface area (Å²) in [6.45, 7) is 3.22. The van der Waals surface area contributed by atoms with Gasteiger partial charge in [-0.25, -0.2) is 4.39 Å². The largest absolute Gasteiger partial charge is 0.480 e. The van der Waals surface area contributed by atoms with Crippen LogP contribution in [-0.2, 0) is 4.79 Å². The molecule has 1 unspecified atom stereocenters. The summed E-state index contributed by atoms with van der Waals surface area (Å²) in [7, 11) is 0. The van der Waals surface area contributed by atoms with E-state index in [-0.39, 0.29) is 5.56 Å². The van der Waals surface area contributed by atoms with Crippen molar-refractivity contribution in [2.75, 3.05) is 0 Å². The van der Waals surface area contributed by atoms with Gasteiger partial charge in [-0.05, 0) is 36.6 Å². The van der Waals surface area contributed by atoms with Crippen LogP contribution in [0.15, 0.2) is 10.5 Å². The second-order valence-corrected chi connectivity index (χ2v) is 4.17. The molecule has 5 heteroatoms. The SMILES string of the molecule is Cc1c(F)cc(Br)c(C)c1C(N)C(=O)O. The molecule has 0 radical (unpaired) electrons. The zero-order chi connectivity index (χ0) is 11.7. The first-order valence-electron chi connectivity index (χ1n) is 4.29. The maximum absolute atomic E-state index is 13.4. The Hall–Kier alpha value is -0.940. The maximum atomic E-state index is 13.4. The van der Waals surface area contributed by atoms with Crippen LogP contribution in [0, 0.1) is 19.7 Å². The Kier molecular flexibility index (Phi) is 3.46. The smallest absolute Gasteiger partial charge is 0.325 e. The zero-order valence-corrected chi connectivity index (χ0v) is 9.93. The van der Waals surface area contributed by atoms with E-state index in [1.54, 1.807) is 6.92 Å². The monoisotopic (exact) mass is 275 g/mol. The van der Waals surface area contributed by atoms with Gasteiger partial charge in [0.25, 0.3) is 0 Å². The van der Waals surface area contributed by atoms with Crippen molar-refractivity contribution >= 4 is 21.9 Å². The molecular formula is C10H11BrFNO2. The zero-order valence-electron chi connectivity index (χ0n) is 8.34. The van der Waals surface area contributed by atoms with Gasteiger partial charge in [0.1, 0.15) is 11.9 Å². The van der Waals surface area contributed by atoms with Gasteiger partial charge in [0, 0.05) is 4.47 Å². The summed E-state index contributed by atoms with van der Waals surface area (Å²) >= 11 is 3.16. The van der Waals surface area contributed by atoms with Crippen molar-refractivity contribution in [3.63, 3.8) is 0 Å². The van der Waals surface area contributed by atoms with Crippen molar-refractivity contribution < 1.29 is 14.3 Å². The molecule has 82 valence electrons. The van der Waals surface area contributed by atoms with Crippen LogP contribution in [0.5, 0.6) is 0 Å². The maximum Gasteiger partial charge on any atom is 0.325 e. The van der Waals surface area contributed by atoms with Gasteiger partial charge >= 0.3 is 5.97 Å². The molecule has 0 fully saturated rings. The predicted octanol–water partition coefficient (Wildman–Crippen LogP) is 2.29. The first-order valence-corrected chi connectivity index (χ1v) is 5.09. The molecule has 0 saturated heterocycles. The van der Waals surface area contributed by atoms with E-state index in [4.69, 9.17) is 10.8 Å². The number of benzene rings is 1. The van der Waals surface area contributed by atoms with Gasteiger partial charge in [-0.2, -0.15) is 0 Å². The van der Waals surface area contributed by atoms with Crippen LogP contribution in [0.2, 0.25) is 0 Å². The molecule has 0 aliphatic heterocycles. The van der Waals surface area contributed by atoms with E-state index in [0.29, 0.717) is 15.6 Å². The highest BCUT2D eigenvalue weighted by molar-refractivity contribution is 9.10. The Morgan fingerprint density at radius 1 is 1.53 bits per heavy atom.